The van der Waals surface area contributed by atoms with E-state index in [-0.39, 0.29) is 31.1 Å². The number of hydrogen-bond acceptors (Lipinski definition) is 8. The van der Waals surface area contributed by atoms with E-state index in [0.717, 1.165) is 76.6 Å². The van der Waals surface area contributed by atoms with Gasteiger partial charge in [-0.15, -0.1) is 0 Å². The first kappa shape index (κ1) is 45.9. The van der Waals surface area contributed by atoms with Gasteiger partial charge in [-0.05, 0) is 78.5 Å². The predicted octanol–water partition coefficient (Wildman–Crippen LogP) is 8.85. The molecule has 15 heteroatoms. The van der Waals surface area contributed by atoms with Gasteiger partial charge in [0.1, 0.15) is 19.2 Å². The minimum atomic E-state index is -1.31. The number of aromatic nitrogens is 4. The molecule has 1 atom stereocenters. The summed E-state index contributed by atoms with van der Waals surface area (Å²) in [5.41, 5.74) is 5.10. The third-order valence-corrected chi connectivity index (χ3v) is 15.6. The summed E-state index contributed by atoms with van der Waals surface area (Å²) in [4.78, 5) is 17.9. The van der Waals surface area contributed by atoms with Crippen molar-refractivity contribution in [2.75, 3.05) is 46.2 Å². The van der Waals surface area contributed by atoms with Gasteiger partial charge in [0.15, 0.2) is 24.2 Å². The van der Waals surface area contributed by atoms with Gasteiger partial charge in [-0.25, -0.2) is 14.1 Å². The van der Waals surface area contributed by atoms with Crippen LogP contribution in [-0.2, 0) is 45.3 Å². The van der Waals surface area contributed by atoms with E-state index in [4.69, 9.17) is 29.0 Å². The Bertz CT molecular complexity index is 1960. The number of aryl methyl sites for hydroxylation is 1. The number of carbonyl (C=O) groups is 1. The smallest absolute Gasteiger partial charge is 0.224 e. The van der Waals surface area contributed by atoms with Crippen molar-refractivity contribution in [2.24, 2.45) is 5.92 Å². The van der Waals surface area contributed by atoms with Gasteiger partial charge >= 0.3 is 0 Å². The van der Waals surface area contributed by atoms with Crippen LogP contribution in [0.25, 0.3) is 33.5 Å². The minimum absolute atomic E-state index is 0.0151. The van der Waals surface area contributed by atoms with E-state index in [0.29, 0.717) is 51.8 Å². The van der Waals surface area contributed by atoms with Crippen LogP contribution in [0.15, 0.2) is 36.5 Å². The number of nitrogens with one attached hydrogen (secondary N) is 2. The fraction of sp³-hybridized carbons (Fsp3) is 0.605. The summed E-state index contributed by atoms with van der Waals surface area (Å²) in [6, 6.07) is 12.7. The highest BCUT2D eigenvalue weighted by Gasteiger charge is 2.24. The molecule has 0 spiro atoms. The Hall–Kier alpha value is -3.19. The molecule has 5 rings (SSSR count). The maximum atomic E-state index is 15.7. The lowest BCUT2D eigenvalue weighted by molar-refractivity contribution is -0.124. The Kier molecular flexibility index (Phi) is 16.1. The number of imidazole rings is 1. The number of fused-ring (bicyclic) bond motifs is 1. The summed E-state index contributed by atoms with van der Waals surface area (Å²) in [5, 5.41) is 12.5. The lowest BCUT2D eigenvalue weighted by atomic mass is 9.96. The van der Waals surface area contributed by atoms with Crippen LogP contribution in [0, 0.1) is 11.7 Å². The molecule has 1 amide bonds. The molecular formula is C43H69FN6O5Si3. The number of rotatable bonds is 23. The average molecular weight is 853 g/mol. The van der Waals surface area contributed by atoms with Crippen LogP contribution < -0.4 is 15.4 Å². The monoisotopic (exact) mass is 852 g/mol. The number of hydrogen-bond donors (Lipinski definition) is 2. The van der Waals surface area contributed by atoms with Crippen LogP contribution in [-0.4, -0.2) is 95.7 Å². The van der Waals surface area contributed by atoms with Crippen LogP contribution in [0.2, 0.25) is 77.1 Å². The maximum Gasteiger partial charge on any atom is 0.224 e. The molecule has 2 aromatic carbocycles. The van der Waals surface area contributed by atoms with Crippen molar-refractivity contribution in [3.05, 3.63) is 53.6 Å². The highest BCUT2D eigenvalue weighted by atomic mass is 28.3. The Balaban J connectivity index is 1.46. The van der Waals surface area contributed by atoms with Gasteiger partial charge in [-0.3, -0.25) is 4.79 Å². The number of halogens is 1. The van der Waals surface area contributed by atoms with Crippen molar-refractivity contribution >= 4 is 41.0 Å². The molecule has 1 aliphatic rings. The summed E-state index contributed by atoms with van der Waals surface area (Å²) in [7, 11) is -3.83. The lowest BCUT2D eigenvalue weighted by Gasteiger charge is -2.16. The third-order valence-electron chi connectivity index (χ3n) is 10.5. The Morgan fingerprint density at radius 1 is 0.914 bits per heavy atom. The molecule has 0 aliphatic carbocycles. The molecule has 1 aliphatic heterocycles. The molecule has 0 saturated carbocycles. The fourth-order valence-electron chi connectivity index (χ4n) is 6.70. The summed E-state index contributed by atoms with van der Waals surface area (Å²) in [6.07, 6.45) is 4.16. The molecule has 2 N–H and O–H groups in total. The molecule has 58 heavy (non-hydrogen) atoms. The van der Waals surface area contributed by atoms with E-state index in [9.17, 15) is 4.79 Å². The Morgan fingerprint density at radius 3 is 2.22 bits per heavy atom. The lowest BCUT2D eigenvalue weighted by Crippen LogP contribution is -2.33. The number of benzene rings is 2. The molecule has 2 aromatic heterocycles. The Labute approximate surface area is 348 Å². The van der Waals surface area contributed by atoms with Gasteiger partial charge in [0.05, 0.1) is 17.1 Å². The van der Waals surface area contributed by atoms with Crippen LogP contribution in [0.1, 0.15) is 24.6 Å². The number of nitrogens with zero attached hydrogens (tertiary/aromatic N) is 4. The largest absolute Gasteiger partial charge is 0.464 e. The van der Waals surface area contributed by atoms with Crippen LogP contribution in [0.3, 0.4) is 0 Å². The third kappa shape index (κ3) is 13.7. The first-order valence-electron chi connectivity index (χ1n) is 21.1. The zero-order valence-electron chi connectivity index (χ0n) is 36.9. The zero-order chi connectivity index (χ0) is 42.1. The standard InChI is InChI=1S/C43H69FN6O5Si3/c1-11-32-25-40(55-31-54-20-23-58(8,9)10)38(44)26-37(32)33-12-13-36-39(24-33)50(30-53-19-22-57(5,6)7)48-41(36)42-47-35(15-17-46-43(51)34-14-16-45-27-34)28-49(42)29-52-18-21-56(2,3)4/h12-13,24-26,28,34,45H,11,14-23,27,29-31H2,1-10H3,(H,46,51). The zero-order valence-corrected chi connectivity index (χ0v) is 39.9. The van der Waals surface area contributed by atoms with Crippen LogP contribution >= 0.6 is 0 Å². The van der Waals surface area contributed by atoms with Gasteiger partial charge in [0, 0.05) is 75.1 Å². The molecular weight excluding hydrogens is 784 g/mol. The summed E-state index contributed by atoms with van der Waals surface area (Å²) < 4.78 is 43.6. The van der Waals surface area contributed by atoms with E-state index in [1.807, 2.05) is 21.5 Å². The molecule has 320 valence electrons. The molecule has 11 nitrogen and oxygen atoms in total. The first-order chi connectivity index (χ1) is 27.4. The number of carbonyl (C=O) groups excluding carboxylic acids is 1. The second-order valence-electron chi connectivity index (χ2n) is 19.3. The molecule has 4 aromatic rings. The van der Waals surface area contributed by atoms with E-state index in [2.05, 4.69) is 88.6 Å². The highest BCUT2D eigenvalue weighted by molar-refractivity contribution is 6.76. The van der Waals surface area contributed by atoms with Crippen LogP contribution in [0.4, 0.5) is 4.39 Å². The summed E-state index contributed by atoms with van der Waals surface area (Å²) >= 11 is 0. The molecule has 1 fully saturated rings. The van der Waals surface area contributed by atoms with Crippen molar-refractivity contribution in [3.8, 4) is 28.4 Å². The quantitative estimate of drug-likeness (QED) is 0.0433. The second kappa shape index (κ2) is 20.4. The number of amides is 1. The molecule has 0 bridgehead atoms. The SMILES string of the molecule is CCc1cc(OCOCC[Si](C)(C)C)c(F)cc1-c1ccc2c(-c3nc(CCNC(=O)C4CCNC4)cn3COCC[Si](C)(C)C)nn(COCC[Si](C)(C)C)c2c1. The van der Waals surface area contributed by atoms with Crippen molar-refractivity contribution in [3.63, 3.8) is 0 Å². The van der Waals surface area contributed by atoms with E-state index in [1.165, 1.54) is 0 Å². The van der Waals surface area contributed by atoms with Gasteiger partial charge in [0.2, 0.25) is 5.91 Å². The average Bonchev–Trinajstić information content (AvgIpc) is 3.90. The van der Waals surface area contributed by atoms with Gasteiger partial charge in [-0.1, -0.05) is 71.9 Å². The molecule has 1 unspecified atom stereocenters. The van der Waals surface area contributed by atoms with Crippen molar-refractivity contribution in [2.45, 2.75) is 117 Å². The van der Waals surface area contributed by atoms with Gasteiger partial charge < -0.3 is 34.1 Å². The van der Waals surface area contributed by atoms with Crippen LogP contribution in [0.5, 0.6) is 5.75 Å². The molecule has 3 heterocycles. The normalized spacial score (nSPS) is 15.1. The minimum Gasteiger partial charge on any atom is -0.464 e. The Morgan fingerprint density at radius 2 is 1.59 bits per heavy atom. The van der Waals surface area contributed by atoms with E-state index in [1.54, 1.807) is 12.1 Å². The van der Waals surface area contributed by atoms with E-state index >= 15 is 4.39 Å². The van der Waals surface area contributed by atoms with Crippen molar-refractivity contribution in [1.29, 1.82) is 0 Å². The molecule has 1 saturated heterocycles. The van der Waals surface area contributed by atoms with Gasteiger partial charge in [0.25, 0.3) is 0 Å². The summed E-state index contributed by atoms with van der Waals surface area (Å²) in [5.74, 6) is 0.569. The first-order valence-corrected chi connectivity index (χ1v) is 32.3. The highest BCUT2D eigenvalue weighted by Crippen LogP contribution is 2.35. The number of ether oxygens (including phenoxy) is 4. The topological polar surface area (TPSA) is 114 Å². The fourth-order valence-corrected chi connectivity index (χ4v) is 8.97. The predicted molar refractivity (Wildman–Crippen MR) is 241 cm³/mol. The van der Waals surface area contributed by atoms with E-state index < -0.39 is 30.0 Å². The van der Waals surface area contributed by atoms with Crippen molar-refractivity contribution < 1.29 is 28.1 Å². The second-order valence-corrected chi connectivity index (χ2v) is 36.2. The van der Waals surface area contributed by atoms with Gasteiger partial charge in [-0.2, -0.15) is 5.10 Å². The maximum absolute atomic E-state index is 15.7. The molecule has 0 radical (unpaired) electrons. The summed E-state index contributed by atoms with van der Waals surface area (Å²) in [6.45, 7) is 27.7. The van der Waals surface area contributed by atoms with Crippen molar-refractivity contribution in [1.82, 2.24) is 30.0 Å².